The molecule has 0 atom stereocenters. The van der Waals surface area contributed by atoms with Gasteiger partial charge in [0.05, 0.1) is 0 Å². The Morgan fingerprint density at radius 1 is 1.24 bits per heavy atom. The molecule has 17 heavy (non-hydrogen) atoms. The second kappa shape index (κ2) is 4.21. The van der Waals surface area contributed by atoms with Gasteiger partial charge in [0.1, 0.15) is 5.75 Å². The van der Waals surface area contributed by atoms with E-state index in [2.05, 4.69) is 9.97 Å². The number of nitrogens with zero attached hydrogens (tertiary/aromatic N) is 2. The second-order valence-electron chi connectivity index (χ2n) is 3.57. The molecule has 1 heterocycles. The van der Waals surface area contributed by atoms with Gasteiger partial charge in [-0.15, -0.1) is 0 Å². The van der Waals surface area contributed by atoms with E-state index in [4.69, 9.17) is 5.11 Å². The molecule has 5 nitrogen and oxygen atoms in total. The Morgan fingerprint density at radius 2 is 2.00 bits per heavy atom. The third kappa shape index (κ3) is 2.39. The van der Waals surface area contributed by atoms with Crippen molar-refractivity contribution in [3.05, 3.63) is 41.7 Å². The van der Waals surface area contributed by atoms with Crippen molar-refractivity contribution in [1.82, 2.24) is 9.97 Å². The maximum atomic E-state index is 10.9. The molecule has 0 bridgehead atoms. The number of aryl methyl sites for hydroxylation is 1. The van der Waals surface area contributed by atoms with Crippen LogP contribution in [0.15, 0.2) is 30.3 Å². The van der Waals surface area contributed by atoms with Crippen molar-refractivity contribution < 1.29 is 15.0 Å². The molecule has 2 N–H and O–H groups in total. The first-order chi connectivity index (χ1) is 8.06. The van der Waals surface area contributed by atoms with Gasteiger partial charge in [0.15, 0.2) is 11.5 Å². The van der Waals surface area contributed by atoms with Crippen LogP contribution >= 0.6 is 0 Å². The maximum absolute atomic E-state index is 10.9. The molecule has 0 radical (unpaired) electrons. The number of aromatic hydroxyl groups is 1. The monoisotopic (exact) mass is 230 g/mol. The summed E-state index contributed by atoms with van der Waals surface area (Å²) in [5.74, 6) is -0.723. The lowest BCUT2D eigenvalue weighted by Gasteiger charge is -2.03. The molecule has 0 unspecified atom stereocenters. The molecule has 0 aliphatic rings. The molecule has 2 rings (SSSR count). The first-order valence-corrected chi connectivity index (χ1v) is 4.94. The van der Waals surface area contributed by atoms with Crippen LogP contribution < -0.4 is 0 Å². The largest absolute Gasteiger partial charge is 0.508 e. The van der Waals surface area contributed by atoms with Crippen LogP contribution in [0.1, 0.15) is 16.2 Å². The predicted octanol–water partition coefficient (Wildman–Crippen LogP) is 1.86. The normalized spacial score (nSPS) is 10.2. The number of aromatic nitrogens is 2. The number of phenols is 1. The fraction of sp³-hybridized carbons (Fsp3) is 0.0833. The lowest BCUT2D eigenvalue weighted by molar-refractivity contribution is 0.0690. The van der Waals surface area contributed by atoms with Crippen LogP contribution in [0.25, 0.3) is 11.4 Å². The minimum Gasteiger partial charge on any atom is -0.508 e. The molecule has 1 aromatic heterocycles. The zero-order valence-corrected chi connectivity index (χ0v) is 9.08. The Hall–Kier alpha value is -2.43. The fourth-order valence-electron chi connectivity index (χ4n) is 1.45. The second-order valence-corrected chi connectivity index (χ2v) is 3.57. The molecule has 5 heteroatoms. The molecule has 0 saturated heterocycles. The highest BCUT2D eigenvalue weighted by atomic mass is 16.4. The van der Waals surface area contributed by atoms with Gasteiger partial charge in [-0.2, -0.15) is 0 Å². The number of hydrogen-bond donors (Lipinski definition) is 2. The molecular formula is C12H10N2O3. The van der Waals surface area contributed by atoms with E-state index in [0.717, 1.165) is 0 Å². The van der Waals surface area contributed by atoms with Gasteiger partial charge in [0.2, 0.25) is 0 Å². The third-order valence-corrected chi connectivity index (χ3v) is 2.18. The molecule has 0 aliphatic heterocycles. The highest BCUT2D eigenvalue weighted by Gasteiger charge is 2.10. The molecule has 2 aromatic rings. The Kier molecular flexibility index (Phi) is 2.74. The SMILES string of the molecule is Cc1cc(C(=O)O)nc(-c2cccc(O)c2)n1. The standard InChI is InChI=1S/C12H10N2O3/c1-7-5-10(12(16)17)14-11(13-7)8-3-2-4-9(15)6-8/h2-6,15H,1H3,(H,16,17). The average molecular weight is 230 g/mol. The summed E-state index contributed by atoms with van der Waals surface area (Å²) in [6, 6.07) is 7.77. The van der Waals surface area contributed by atoms with Gasteiger partial charge in [-0.25, -0.2) is 14.8 Å². The molecule has 0 aliphatic carbocycles. The minimum atomic E-state index is -1.10. The molecule has 0 spiro atoms. The first kappa shape index (κ1) is 11.1. The van der Waals surface area contributed by atoms with Gasteiger partial charge in [0.25, 0.3) is 0 Å². The number of carbonyl (C=O) groups is 1. The van der Waals surface area contributed by atoms with Crippen LogP contribution in [0.4, 0.5) is 0 Å². The van der Waals surface area contributed by atoms with Crippen LogP contribution in [0.5, 0.6) is 5.75 Å². The highest BCUT2D eigenvalue weighted by Crippen LogP contribution is 2.20. The van der Waals surface area contributed by atoms with E-state index in [0.29, 0.717) is 17.1 Å². The van der Waals surface area contributed by atoms with Crippen molar-refractivity contribution in [2.75, 3.05) is 0 Å². The van der Waals surface area contributed by atoms with Crippen molar-refractivity contribution >= 4 is 5.97 Å². The van der Waals surface area contributed by atoms with Gasteiger partial charge < -0.3 is 10.2 Å². The zero-order chi connectivity index (χ0) is 12.4. The summed E-state index contributed by atoms with van der Waals surface area (Å²) >= 11 is 0. The lowest BCUT2D eigenvalue weighted by Crippen LogP contribution is -2.04. The minimum absolute atomic E-state index is 0.0594. The summed E-state index contributed by atoms with van der Waals surface area (Å²) in [5, 5.41) is 18.2. The predicted molar refractivity (Wildman–Crippen MR) is 60.8 cm³/mol. The number of carboxylic acid groups (broad SMARTS) is 1. The average Bonchev–Trinajstić information content (AvgIpc) is 2.28. The summed E-state index contributed by atoms with van der Waals surface area (Å²) in [6.07, 6.45) is 0. The number of rotatable bonds is 2. The Morgan fingerprint density at radius 3 is 2.65 bits per heavy atom. The number of phenolic OH excluding ortho intramolecular Hbond substituents is 1. The quantitative estimate of drug-likeness (QED) is 0.822. The van der Waals surface area contributed by atoms with E-state index in [-0.39, 0.29) is 11.4 Å². The van der Waals surface area contributed by atoms with Crippen LogP contribution in [0, 0.1) is 6.92 Å². The summed E-state index contributed by atoms with van der Waals surface area (Å²) in [6.45, 7) is 1.69. The van der Waals surface area contributed by atoms with Crippen molar-refractivity contribution in [2.45, 2.75) is 6.92 Å². The van der Waals surface area contributed by atoms with E-state index in [9.17, 15) is 9.90 Å². The number of carboxylic acids is 1. The van der Waals surface area contributed by atoms with E-state index in [1.54, 1.807) is 19.1 Å². The molecule has 1 aromatic carbocycles. The van der Waals surface area contributed by atoms with Gasteiger partial charge in [0, 0.05) is 11.3 Å². The zero-order valence-electron chi connectivity index (χ0n) is 9.08. The van der Waals surface area contributed by atoms with Crippen molar-refractivity contribution in [1.29, 1.82) is 0 Å². The Labute approximate surface area is 97.4 Å². The molecule has 86 valence electrons. The van der Waals surface area contributed by atoms with Gasteiger partial charge >= 0.3 is 5.97 Å². The van der Waals surface area contributed by atoms with E-state index >= 15 is 0 Å². The highest BCUT2D eigenvalue weighted by molar-refractivity contribution is 5.86. The van der Waals surface area contributed by atoms with E-state index in [1.807, 2.05) is 0 Å². The molecule has 0 fully saturated rings. The fourth-order valence-corrected chi connectivity index (χ4v) is 1.45. The summed E-state index contributed by atoms with van der Waals surface area (Å²) < 4.78 is 0. The Balaban J connectivity index is 2.56. The number of aromatic carboxylic acids is 1. The van der Waals surface area contributed by atoms with Gasteiger partial charge in [-0.05, 0) is 25.1 Å². The maximum Gasteiger partial charge on any atom is 0.354 e. The van der Waals surface area contributed by atoms with Crippen LogP contribution in [0.3, 0.4) is 0 Å². The smallest absolute Gasteiger partial charge is 0.354 e. The van der Waals surface area contributed by atoms with E-state index in [1.165, 1.54) is 18.2 Å². The van der Waals surface area contributed by atoms with Crippen molar-refractivity contribution in [3.8, 4) is 17.1 Å². The Bertz CT molecular complexity index is 582. The van der Waals surface area contributed by atoms with Crippen LogP contribution in [-0.4, -0.2) is 26.2 Å². The topological polar surface area (TPSA) is 83.3 Å². The number of hydrogen-bond acceptors (Lipinski definition) is 4. The third-order valence-electron chi connectivity index (χ3n) is 2.18. The first-order valence-electron chi connectivity index (χ1n) is 4.94. The summed E-state index contributed by atoms with van der Waals surface area (Å²) in [4.78, 5) is 18.9. The molecular weight excluding hydrogens is 220 g/mol. The summed E-state index contributed by atoms with van der Waals surface area (Å²) in [7, 11) is 0. The molecule has 0 saturated carbocycles. The van der Waals surface area contributed by atoms with Crippen LogP contribution in [0.2, 0.25) is 0 Å². The lowest BCUT2D eigenvalue weighted by atomic mass is 10.2. The van der Waals surface area contributed by atoms with Crippen molar-refractivity contribution in [3.63, 3.8) is 0 Å². The summed E-state index contributed by atoms with van der Waals surface area (Å²) in [5.41, 5.74) is 1.09. The number of benzene rings is 1. The molecule has 0 amide bonds. The van der Waals surface area contributed by atoms with Crippen molar-refractivity contribution in [2.24, 2.45) is 0 Å². The van der Waals surface area contributed by atoms with E-state index < -0.39 is 5.97 Å². The van der Waals surface area contributed by atoms with Gasteiger partial charge in [-0.1, -0.05) is 12.1 Å². The van der Waals surface area contributed by atoms with Crippen LogP contribution in [-0.2, 0) is 0 Å². The van der Waals surface area contributed by atoms with Gasteiger partial charge in [-0.3, -0.25) is 0 Å².